The van der Waals surface area contributed by atoms with E-state index in [2.05, 4.69) is 49.4 Å². The predicted molar refractivity (Wildman–Crippen MR) is 111 cm³/mol. The third kappa shape index (κ3) is 3.04. The number of benzene rings is 1. The number of nitrogens with two attached hydrogens (primary N) is 1. The molecule has 1 aliphatic rings. The van der Waals surface area contributed by atoms with E-state index in [-0.39, 0.29) is 11.4 Å². The highest BCUT2D eigenvalue weighted by atomic mass is 15.2. The summed E-state index contributed by atoms with van der Waals surface area (Å²) in [5.74, 6) is 1.89. The molecule has 0 aliphatic heterocycles. The van der Waals surface area contributed by atoms with Crippen LogP contribution < -0.4 is 5.73 Å². The van der Waals surface area contributed by atoms with Gasteiger partial charge in [0.2, 0.25) is 5.95 Å². The Morgan fingerprint density at radius 2 is 1.55 bits per heavy atom. The van der Waals surface area contributed by atoms with Gasteiger partial charge in [0.25, 0.3) is 0 Å². The van der Waals surface area contributed by atoms with Gasteiger partial charge in [0.15, 0.2) is 5.82 Å². The van der Waals surface area contributed by atoms with Crippen molar-refractivity contribution in [2.45, 2.75) is 31.6 Å². The quantitative estimate of drug-likeness (QED) is 0.557. The molecule has 1 saturated carbocycles. The largest absolute Gasteiger partial charge is 0.368 e. The number of aromatic amines is 1. The molecule has 0 amide bonds. The van der Waals surface area contributed by atoms with E-state index in [1.54, 1.807) is 12.4 Å². The number of rotatable bonds is 4. The Morgan fingerprint density at radius 1 is 0.862 bits per heavy atom. The number of nitrogens with one attached hydrogen (secondary N) is 1. The Labute approximate surface area is 168 Å². The number of aromatic nitrogens is 6. The lowest BCUT2D eigenvalue weighted by Crippen LogP contribution is -2.36. The Hall–Kier alpha value is -3.61. The van der Waals surface area contributed by atoms with Gasteiger partial charge in [0.1, 0.15) is 5.82 Å². The molecule has 3 heterocycles. The van der Waals surface area contributed by atoms with E-state index in [0.29, 0.717) is 5.82 Å². The van der Waals surface area contributed by atoms with Crippen molar-refractivity contribution >= 4 is 5.95 Å². The zero-order chi connectivity index (χ0) is 19.8. The van der Waals surface area contributed by atoms with Crippen LogP contribution in [0.3, 0.4) is 0 Å². The molecule has 1 aliphatic carbocycles. The van der Waals surface area contributed by atoms with E-state index >= 15 is 0 Å². The fourth-order valence-corrected chi connectivity index (χ4v) is 3.87. The Morgan fingerprint density at radius 3 is 2.17 bits per heavy atom. The maximum atomic E-state index is 5.58. The van der Waals surface area contributed by atoms with Crippen molar-refractivity contribution < 1.29 is 0 Å². The first-order chi connectivity index (χ1) is 14.1. The third-order valence-electron chi connectivity index (χ3n) is 5.76. The zero-order valence-corrected chi connectivity index (χ0v) is 16.1. The molecule has 7 heteroatoms. The molecule has 0 unspecified atom stereocenters. The molecule has 0 atom stereocenters. The Balaban J connectivity index is 1.46. The minimum absolute atomic E-state index is 0.112. The van der Waals surface area contributed by atoms with Crippen LogP contribution >= 0.6 is 0 Å². The second-order valence-corrected chi connectivity index (χ2v) is 7.54. The fraction of sp³-hybridized carbons (Fsp3) is 0.227. The molecule has 1 fully saturated rings. The minimum atomic E-state index is -0.112. The molecule has 0 radical (unpaired) electrons. The summed E-state index contributed by atoms with van der Waals surface area (Å²) in [6.45, 7) is 1.97. The van der Waals surface area contributed by atoms with Crippen molar-refractivity contribution in [1.29, 1.82) is 0 Å². The van der Waals surface area contributed by atoms with Crippen molar-refractivity contribution in [1.82, 2.24) is 30.1 Å². The van der Waals surface area contributed by atoms with E-state index in [4.69, 9.17) is 10.7 Å². The van der Waals surface area contributed by atoms with E-state index in [1.807, 2.05) is 25.3 Å². The monoisotopic (exact) mass is 383 g/mol. The number of hydrogen-bond donors (Lipinski definition) is 2. The van der Waals surface area contributed by atoms with E-state index < -0.39 is 0 Å². The molecular weight excluding hydrogens is 362 g/mol. The van der Waals surface area contributed by atoms with Crippen LogP contribution in [-0.4, -0.2) is 30.1 Å². The lowest BCUT2D eigenvalue weighted by molar-refractivity contribution is 0.286. The molecule has 3 aromatic heterocycles. The van der Waals surface area contributed by atoms with Crippen molar-refractivity contribution in [2.24, 2.45) is 0 Å². The van der Waals surface area contributed by atoms with Gasteiger partial charge >= 0.3 is 0 Å². The van der Waals surface area contributed by atoms with Crippen molar-refractivity contribution in [3.63, 3.8) is 0 Å². The molecule has 29 heavy (non-hydrogen) atoms. The average molecular weight is 383 g/mol. The minimum Gasteiger partial charge on any atom is -0.368 e. The highest BCUT2D eigenvalue weighted by Gasteiger charge is 2.43. The number of nitrogen functional groups attached to an aromatic ring is 1. The first-order valence-corrected chi connectivity index (χ1v) is 9.68. The molecule has 3 N–H and O–H groups in total. The van der Waals surface area contributed by atoms with Gasteiger partial charge in [-0.15, -0.1) is 0 Å². The normalized spacial score (nSPS) is 15.1. The summed E-state index contributed by atoms with van der Waals surface area (Å²) >= 11 is 0. The fourth-order valence-electron chi connectivity index (χ4n) is 3.87. The third-order valence-corrected chi connectivity index (χ3v) is 5.76. The summed E-state index contributed by atoms with van der Waals surface area (Å²) in [5.41, 5.74) is 10.6. The smallest absolute Gasteiger partial charge is 0.219 e. The summed E-state index contributed by atoms with van der Waals surface area (Å²) in [6, 6.07) is 12.5. The van der Waals surface area contributed by atoms with Crippen LogP contribution in [0.2, 0.25) is 0 Å². The molecule has 7 nitrogen and oxygen atoms in total. The highest BCUT2D eigenvalue weighted by Crippen LogP contribution is 2.48. The van der Waals surface area contributed by atoms with Gasteiger partial charge in [-0.2, -0.15) is 5.10 Å². The SMILES string of the molecule is Cc1ccc(-c2n[nH]c(C3(c4ccc(-c5cnc(N)nc5)cc4)CCC3)n2)cn1. The predicted octanol–water partition coefficient (Wildman–Crippen LogP) is 3.68. The van der Waals surface area contributed by atoms with E-state index in [0.717, 1.165) is 41.1 Å². The molecule has 4 aromatic rings. The summed E-state index contributed by atoms with van der Waals surface area (Å²) in [5, 5.41) is 7.65. The molecular formula is C22H21N7. The lowest BCUT2D eigenvalue weighted by atomic mass is 9.64. The van der Waals surface area contributed by atoms with Crippen LogP contribution in [-0.2, 0) is 5.41 Å². The van der Waals surface area contributed by atoms with Gasteiger partial charge in [-0.05, 0) is 43.0 Å². The number of aryl methyl sites for hydroxylation is 1. The van der Waals surface area contributed by atoms with Crippen molar-refractivity contribution in [2.75, 3.05) is 5.73 Å². The van der Waals surface area contributed by atoms with E-state index in [1.165, 1.54) is 12.0 Å². The highest BCUT2D eigenvalue weighted by molar-refractivity contribution is 5.63. The average Bonchev–Trinajstić information content (AvgIpc) is 3.19. The van der Waals surface area contributed by atoms with Crippen LogP contribution in [0.15, 0.2) is 55.0 Å². The van der Waals surface area contributed by atoms with Gasteiger partial charge < -0.3 is 5.73 Å². The lowest BCUT2D eigenvalue weighted by Gasteiger charge is -2.40. The standard InChI is InChI=1S/C22H21N7/c1-14-3-4-16(11-24-14)19-27-20(29-28-19)22(9-2-10-22)18-7-5-15(6-8-18)17-12-25-21(23)26-13-17/h3-8,11-13H,2,9-10H2,1H3,(H2,23,25,26)(H,27,28,29). The summed E-state index contributed by atoms with van der Waals surface area (Å²) in [4.78, 5) is 17.3. The molecule has 1 aromatic carbocycles. The second kappa shape index (κ2) is 6.77. The molecule has 0 bridgehead atoms. The van der Waals surface area contributed by atoms with Gasteiger partial charge in [-0.3, -0.25) is 10.1 Å². The number of pyridine rings is 1. The van der Waals surface area contributed by atoms with Crippen LogP contribution in [0.4, 0.5) is 5.95 Å². The number of hydrogen-bond acceptors (Lipinski definition) is 6. The van der Waals surface area contributed by atoms with Gasteiger partial charge in [0.05, 0.1) is 5.41 Å². The zero-order valence-electron chi connectivity index (χ0n) is 16.1. The maximum Gasteiger partial charge on any atom is 0.219 e. The van der Waals surface area contributed by atoms with E-state index in [9.17, 15) is 0 Å². The molecule has 0 spiro atoms. The van der Waals surface area contributed by atoms with Crippen molar-refractivity contribution in [3.05, 3.63) is 72.1 Å². The topological polar surface area (TPSA) is 106 Å². The van der Waals surface area contributed by atoms with Crippen LogP contribution in [0.1, 0.15) is 36.3 Å². The first-order valence-electron chi connectivity index (χ1n) is 9.68. The van der Waals surface area contributed by atoms with Crippen LogP contribution in [0, 0.1) is 6.92 Å². The number of anilines is 1. The summed E-state index contributed by atoms with van der Waals surface area (Å²) in [7, 11) is 0. The van der Waals surface area contributed by atoms with Crippen LogP contribution in [0.25, 0.3) is 22.5 Å². The van der Waals surface area contributed by atoms with Gasteiger partial charge in [0, 0.05) is 35.4 Å². The number of H-pyrrole nitrogens is 1. The van der Waals surface area contributed by atoms with Gasteiger partial charge in [-0.1, -0.05) is 30.7 Å². The number of nitrogens with zero attached hydrogens (tertiary/aromatic N) is 5. The van der Waals surface area contributed by atoms with Gasteiger partial charge in [-0.25, -0.2) is 15.0 Å². The summed E-state index contributed by atoms with van der Waals surface area (Å²) in [6.07, 6.45) is 8.59. The summed E-state index contributed by atoms with van der Waals surface area (Å²) < 4.78 is 0. The first kappa shape index (κ1) is 17.5. The Kier molecular flexibility index (Phi) is 4.08. The molecule has 0 saturated heterocycles. The molecule has 5 rings (SSSR count). The molecule has 144 valence electrons. The van der Waals surface area contributed by atoms with Crippen LogP contribution in [0.5, 0.6) is 0 Å². The second-order valence-electron chi connectivity index (χ2n) is 7.54. The van der Waals surface area contributed by atoms with Crippen molar-refractivity contribution in [3.8, 4) is 22.5 Å². The Bertz CT molecular complexity index is 1130. The maximum absolute atomic E-state index is 5.58.